The molecule has 0 unspecified atom stereocenters. The standard InChI is InChI=1S/C13H15NO2/c15-10-4-1-3-9(7-10)11-8-14-12(16)13(11)5-2-6-13/h1,3-4,7,11,15H,2,5-6,8H2,(H,14,16)/t11-/m1/s1. The Balaban J connectivity index is 1.98. The molecule has 1 saturated heterocycles. The topological polar surface area (TPSA) is 49.3 Å². The summed E-state index contributed by atoms with van der Waals surface area (Å²) in [5.41, 5.74) is 0.909. The maximum atomic E-state index is 11.9. The van der Waals surface area contributed by atoms with Gasteiger partial charge in [-0.2, -0.15) is 0 Å². The zero-order valence-corrected chi connectivity index (χ0v) is 9.07. The van der Waals surface area contributed by atoms with Crippen molar-refractivity contribution in [2.75, 3.05) is 6.54 Å². The Bertz CT molecular complexity index is 437. The molecule has 3 heteroatoms. The maximum absolute atomic E-state index is 11.9. The predicted molar refractivity (Wildman–Crippen MR) is 60.1 cm³/mol. The maximum Gasteiger partial charge on any atom is 0.226 e. The van der Waals surface area contributed by atoms with Gasteiger partial charge in [0.2, 0.25) is 5.91 Å². The summed E-state index contributed by atoms with van der Waals surface area (Å²) in [5.74, 6) is 0.722. The van der Waals surface area contributed by atoms with Gasteiger partial charge in [0.15, 0.2) is 0 Å². The van der Waals surface area contributed by atoms with Crippen LogP contribution in [0.25, 0.3) is 0 Å². The van der Waals surface area contributed by atoms with Crippen molar-refractivity contribution in [2.45, 2.75) is 25.2 Å². The van der Waals surface area contributed by atoms with E-state index in [0.29, 0.717) is 6.54 Å². The normalized spacial score (nSPS) is 26.5. The third-order valence-electron chi connectivity index (χ3n) is 4.10. The van der Waals surface area contributed by atoms with Crippen molar-refractivity contribution in [1.29, 1.82) is 0 Å². The van der Waals surface area contributed by atoms with Crippen LogP contribution in [0.2, 0.25) is 0 Å². The molecule has 0 bridgehead atoms. The summed E-state index contributed by atoms with van der Waals surface area (Å²) >= 11 is 0. The van der Waals surface area contributed by atoms with Crippen LogP contribution in [0.3, 0.4) is 0 Å². The first kappa shape index (κ1) is 9.70. The van der Waals surface area contributed by atoms with E-state index in [1.54, 1.807) is 12.1 Å². The van der Waals surface area contributed by atoms with Gasteiger partial charge in [0.1, 0.15) is 5.75 Å². The van der Waals surface area contributed by atoms with Crippen LogP contribution in [-0.2, 0) is 4.79 Å². The lowest BCUT2D eigenvalue weighted by atomic mass is 9.61. The number of hydrogen-bond acceptors (Lipinski definition) is 2. The highest BCUT2D eigenvalue weighted by Crippen LogP contribution is 2.54. The van der Waals surface area contributed by atoms with E-state index < -0.39 is 0 Å². The van der Waals surface area contributed by atoms with Crippen LogP contribution in [0.4, 0.5) is 0 Å². The van der Waals surface area contributed by atoms with Gasteiger partial charge in [-0.1, -0.05) is 18.6 Å². The van der Waals surface area contributed by atoms with Crippen LogP contribution in [0.15, 0.2) is 24.3 Å². The highest BCUT2D eigenvalue weighted by molar-refractivity contribution is 5.87. The molecule has 0 aromatic heterocycles. The Kier molecular flexibility index (Phi) is 1.96. The van der Waals surface area contributed by atoms with E-state index in [2.05, 4.69) is 5.32 Å². The number of amides is 1. The summed E-state index contributed by atoms with van der Waals surface area (Å²) in [5, 5.41) is 12.5. The minimum absolute atomic E-state index is 0.173. The van der Waals surface area contributed by atoms with Gasteiger partial charge in [0.05, 0.1) is 5.41 Å². The van der Waals surface area contributed by atoms with Crippen LogP contribution in [0, 0.1) is 5.41 Å². The summed E-state index contributed by atoms with van der Waals surface area (Å²) < 4.78 is 0. The molecule has 1 amide bonds. The molecule has 1 spiro atoms. The molecular formula is C13H15NO2. The minimum atomic E-state index is -0.173. The van der Waals surface area contributed by atoms with Crippen LogP contribution in [0.5, 0.6) is 5.75 Å². The van der Waals surface area contributed by atoms with E-state index in [0.717, 1.165) is 24.8 Å². The first-order valence-corrected chi connectivity index (χ1v) is 5.80. The predicted octanol–water partition coefficient (Wildman–Crippen LogP) is 1.78. The van der Waals surface area contributed by atoms with Gasteiger partial charge in [0, 0.05) is 12.5 Å². The molecule has 1 aliphatic heterocycles. The third kappa shape index (κ3) is 1.17. The molecule has 1 heterocycles. The third-order valence-corrected chi connectivity index (χ3v) is 4.10. The highest BCUT2D eigenvalue weighted by Gasteiger charge is 2.54. The van der Waals surface area contributed by atoms with E-state index in [1.807, 2.05) is 12.1 Å². The van der Waals surface area contributed by atoms with Gasteiger partial charge in [-0.3, -0.25) is 4.79 Å². The number of rotatable bonds is 1. The Labute approximate surface area is 94.5 Å². The van der Waals surface area contributed by atoms with Crippen molar-refractivity contribution in [1.82, 2.24) is 5.32 Å². The van der Waals surface area contributed by atoms with Crippen LogP contribution >= 0.6 is 0 Å². The average Bonchev–Trinajstić information content (AvgIpc) is 2.55. The van der Waals surface area contributed by atoms with E-state index in [1.165, 1.54) is 0 Å². The molecule has 84 valence electrons. The van der Waals surface area contributed by atoms with E-state index in [-0.39, 0.29) is 23.0 Å². The number of hydrogen-bond donors (Lipinski definition) is 2. The van der Waals surface area contributed by atoms with Crippen LogP contribution < -0.4 is 5.32 Å². The Morgan fingerprint density at radius 1 is 1.38 bits per heavy atom. The number of carbonyl (C=O) groups is 1. The Morgan fingerprint density at radius 3 is 2.81 bits per heavy atom. The summed E-state index contributed by atoms with van der Waals surface area (Å²) in [6.07, 6.45) is 3.11. The van der Waals surface area contributed by atoms with Crippen molar-refractivity contribution in [2.24, 2.45) is 5.41 Å². The lowest BCUT2D eigenvalue weighted by Gasteiger charge is -2.40. The first-order chi connectivity index (χ1) is 7.72. The molecule has 1 aromatic rings. The number of aromatic hydroxyl groups is 1. The number of phenols is 1. The molecule has 3 rings (SSSR count). The van der Waals surface area contributed by atoms with Gasteiger partial charge in [-0.25, -0.2) is 0 Å². The Morgan fingerprint density at radius 2 is 2.19 bits per heavy atom. The van der Waals surface area contributed by atoms with E-state index >= 15 is 0 Å². The molecular weight excluding hydrogens is 202 g/mol. The molecule has 2 N–H and O–H groups in total. The van der Waals surface area contributed by atoms with Crippen molar-refractivity contribution >= 4 is 5.91 Å². The number of phenolic OH excluding ortho intramolecular Hbond substituents is 1. The van der Waals surface area contributed by atoms with Crippen molar-refractivity contribution in [3.8, 4) is 5.75 Å². The fourth-order valence-electron chi connectivity index (χ4n) is 3.04. The number of carbonyl (C=O) groups excluding carboxylic acids is 1. The molecule has 1 atom stereocenters. The molecule has 1 aliphatic carbocycles. The second-order valence-corrected chi connectivity index (χ2v) is 4.87. The zero-order chi connectivity index (χ0) is 11.2. The second kappa shape index (κ2) is 3.24. The van der Waals surface area contributed by atoms with Gasteiger partial charge < -0.3 is 10.4 Å². The van der Waals surface area contributed by atoms with Crippen molar-refractivity contribution in [3.63, 3.8) is 0 Å². The summed E-state index contributed by atoms with van der Waals surface area (Å²) in [6.45, 7) is 0.711. The lowest BCUT2D eigenvalue weighted by molar-refractivity contribution is -0.132. The molecule has 0 radical (unpaired) electrons. The number of nitrogens with one attached hydrogen (secondary N) is 1. The molecule has 1 aromatic carbocycles. The summed E-state index contributed by atoms with van der Waals surface area (Å²) in [7, 11) is 0. The summed E-state index contributed by atoms with van der Waals surface area (Å²) in [6, 6.07) is 7.30. The largest absolute Gasteiger partial charge is 0.508 e. The molecule has 2 fully saturated rings. The number of benzene rings is 1. The van der Waals surface area contributed by atoms with E-state index in [9.17, 15) is 9.90 Å². The first-order valence-electron chi connectivity index (χ1n) is 5.80. The second-order valence-electron chi connectivity index (χ2n) is 4.87. The van der Waals surface area contributed by atoms with Gasteiger partial charge in [0.25, 0.3) is 0 Å². The smallest absolute Gasteiger partial charge is 0.226 e. The van der Waals surface area contributed by atoms with Crippen LogP contribution in [-0.4, -0.2) is 17.6 Å². The fraction of sp³-hybridized carbons (Fsp3) is 0.462. The average molecular weight is 217 g/mol. The van der Waals surface area contributed by atoms with Crippen molar-refractivity contribution < 1.29 is 9.90 Å². The van der Waals surface area contributed by atoms with E-state index in [4.69, 9.17) is 0 Å². The fourth-order valence-corrected chi connectivity index (χ4v) is 3.04. The van der Waals surface area contributed by atoms with Crippen molar-refractivity contribution in [3.05, 3.63) is 29.8 Å². The summed E-state index contributed by atoms with van der Waals surface area (Å²) in [4.78, 5) is 11.9. The van der Waals surface area contributed by atoms with Crippen LogP contribution in [0.1, 0.15) is 30.7 Å². The quantitative estimate of drug-likeness (QED) is 0.753. The van der Waals surface area contributed by atoms with Gasteiger partial charge in [-0.15, -0.1) is 0 Å². The van der Waals surface area contributed by atoms with Gasteiger partial charge >= 0.3 is 0 Å². The monoisotopic (exact) mass is 217 g/mol. The molecule has 16 heavy (non-hydrogen) atoms. The minimum Gasteiger partial charge on any atom is -0.508 e. The Hall–Kier alpha value is -1.51. The zero-order valence-electron chi connectivity index (χ0n) is 9.07. The molecule has 1 saturated carbocycles. The highest BCUT2D eigenvalue weighted by atomic mass is 16.3. The SMILES string of the molecule is O=C1NC[C@H](c2cccc(O)c2)C12CCC2. The molecule has 3 nitrogen and oxygen atoms in total. The van der Waals surface area contributed by atoms with Gasteiger partial charge in [-0.05, 0) is 30.5 Å². The molecule has 2 aliphatic rings. The lowest BCUT2D eigenvalue weighted by Crippen LogP contribution is -2.40.